The molecule has 0 unspecified atom stereocenters. The summed E-state index contributed by atoms with van der Waals surface area (Å²) in [6, 6.07) is 11.7. The molecule has 0 radical (unpaired) electrons. The molecule has 4 aromatic heterocycles. The van der Waals surface area contributed by atoms with Crippen molar-refractivity contribution in [2.24, 2.45) is 0 Å². The van der Waals surface area contributed by atoms with Crippen LogP contribution in [0.15, 0.2) is 69.2 Å². The predicted octanol–water partition coefficient (Wildman–Crippen LogP) is 4.51. The van der Waals surface area contributed by atoms with Gasteiger partial charge < -0.3 is 18.3 Å². The van der Waals surface area contributed by atoms with Crippen LogP contribution in [0.5, 0.6) is 0 Å². The number of anilines is 1. The first-order chi connectivity index (χ1) is 18.5. The number of amides is 1. The second-order valence-corrected chi connectivity index (χ2v) is 8.69. The number of fused-ring (bicyclic) bond motifs is 1. The highest BCUT2D eigenvalue weighted by atomic mass is 32.1. The molecule has 0 atom stereocenters. The number of thiazole rings is 1. The van der Waals surface area contributed by atoms with Crippen molar-refractivity contribution in [1.82, 2.24) is 15.0 Å². The first-order valence-electron chi connectivity index (χ1n) is 11.5. The van der Waals surface area contributed by atoms with Gasteiger partial charge in [0.1, 0.15) is 11.4 Å². The second kappa shape index (κ2) is 11.0. The van der Waals surface area contributed by atoms with Crippen molar-refractivity contribution < 1.29 is 32.7 Å². The van der Waals surface area contributed by atoms with E-state index in [4.69, 9.17) is 18.3 Å². The Labute approximate surface area is 219 Å². The zero-order chi connectivity index (χ0) is 26.5. The molecule has 12 heteroatoms. The number of carbonyl (C=O) groups excluding carboxylic acids is 3. The number of esters is 2. The number of hydrogen-bond acceptors (Lipinski definition) is 11. The van der Waals surface area contributed by atoms with Gasteiger partial charge in [-0.05, 0) is 49.4 Å². The standard InChI is InChI=1S/C26H20N4O7S/c1-2-34-22(32)12-16-14-38-26(27-16)30-21(31)13-37-25(33)15-7-8-17-18(11-15)29-24(20-6-4-10-36-20)23(28-17)19-5-3-9-35-19/h3-11,14H,2,12-13H2,1H3,(H,27,30,31). The Balaban J connectivity index is 1.27. The van der Waals surface area contributed by atoms with Gasteiger partial charge in [0.25, 0.3) is 5.91 Å². The van der Waals surface area contributed by atoms with E-state index in [1.54, 1.807) is 48.9 Å². The molecule has 1 N–H and O–H groups in total. The lowest BCUT2D eigenvalue weighted by atomic mass is 10.1. The molecule has 11 nitrogen and oxygen atoms in total. The van der Waals surface area contributed by atoms with Crippen LogP contribution in [0.4, 0.5) is 5.13 Å². The van der Waals surface area contributed by atoms with Gasteiger partial charge in [-0.15, -0.1) is 11.3 Å². The molecule has 0 bridgehead atoms. The minimum absolute atomic E-state index is 0.00466. The van der Waals surface area contributed by atoms with Crippen LogP contribution >= 0.6 is 11.3 Å². The van der Waals surface area contributed by atoms with Gasteiger partial charge >= 0.3 is 11.9 Å². The largest absolute Gasteiger partial charge is 0.466 e. The molecule has 0 saturated heterocycles. The average Bonchev–Trinajstić information content (AvgIpc) is 3.70. The lowest BCUT2D eigenvalue weighted by molar-refractivity contribution is -0.142. The van der Waals surface area contributed by atoms with Crippen molar-refractivity contribution in [1.29, 1.82) is 0 Å². The fourth-order valence-corrected chi connectivity index (χ4v) is 4.25. The summed E-state index contributed by atoms with van der Waals surface area (Å²) in [6.07, 6.45) is 3.07. The molecule has 5 aromatic rings. The molecule has 0 spiro atoms. The molecule has 4 heterocycles. The topological polar surface area (TPSA) is 147 Å². The van der Waals surface area contributed by atoms with Crippen LogP contribution in [0.25, 0.3) is 33.9 Å². The highest BCUT2D eigenvalue weighted by Gasteiger charge is 2.19. The van der Waals surface area contributed by atoms with Crippen LogP contribution < -0.4 is 5.32 Å². The second-order valence-electron chi connectivity index (χ2n) is 7.83. The number of nitrogens with zero attached hydrogens (tertiary/aromatic N) is 3. The van der Waals surface area contributed by atoms with E-state index in [1.165, 1.54) is 18.4 Å². The Hall–Kier alpha value is -4.84. The van der Waals surface area contributed by atoms with Gasteiger partial charge in [-0.1, -0.05) is 0 Å². The molecule has 0 aliphatic rings. The summed E-state index contributed by atoms with van der Waals surface area (Å²) in [4.78, 5) is 50.0. The highest BCUT2D eigenvalue weighted by molar-refractivity contribution is 7.13. The first-order valence-corrected chi connectivity index (χ1v) is 12.3. The van der Waals surface area contributed by atoms with Gasteiger partial charge in [0.05, 0.1) is 47.8 Å². The Bertz CT molecular complexity index is 1590. The fourth-order valence-electron chi connectivity index (χ4n) is 3.53. The van der Waals surface area contributed by atoms with Crippen molar-refractivity contribution in [2.75, 3.05) is 18.5 Å². The Morgan fingerprint density at radius 3 is 2.29 bits per heavy atom. The number of aromatic nitrogens is 3. The smallest absolute Gasteiger partial charge is 0.338 e. The zero-order valence-corrected chi connectivity index (χ0v) is 20.8. The van der Waals surface area contributed by atoms with Crippen LogP contribution in [0.1, 0.15) is 23.0 Å². The molecular weight excluding hydrogens is 512 g/mol. The van der Waals surface area contributed by atoms with Crippen LogP contribution in [-0.4, -0.2) is 46.0 Å². The van der Waals surface area contributed by atoms with E-state index >= 15 is 0 Å². The van der Waals surface area contributed by atoms with Crippen molar-refractivity contribution in [3.05, 3.63) is 71.6 Å². The molecule has 38 heavy (non-hydrogen) atoms. The van der Waals surface area contributed by atoms with Gasteiger partial charge in [0.2, 0.25) is 0 Å². The summed E-state index contributed by atoms with van der Waals surface area (Å²) in [5.74, 6) is -0.672. The number of carbonyl (C=O) groups is 3. The molecule has 0 aliphatic heterocycles. The third kappa shape index (κ3) is 5.60. The normalized spacial score (nSPS) is 10.9. The van der Waals surface area contributed by atoms with Crippen LogP contribution in [0, 0.1) is 0 Å². The quantitative estimate of drug-likeness (QED) is 0.269. The molecule has 0 saturated carbocycles. The Morgan fingerprint density at radius 1 is 0.921 bits per heavy atom. The van der Waals surface area contributed by atoms with Crippen LogP contribution in [-0.2, 0) is 25.5 Å². The molecule has 0 fully saturated rings. The number of furan rings is 2. The molecule has 5 rings (SSSR count). The van der Waals surface area contributed by atoms with Crippen molar-refractivity contribution in [3.63, 3.8) is 0 Å². The van der Waals surface area contributed by atoms with Gasteiger partial charge in [-0.25, -0.2) is 19.7 Å². The Morgan fingerprint density at radius 2 is 1.63 bits per heavy atom. The number of benzene rings is 1. The molecule has 192 valence electrons. The number of hydrogen-bond donors (Lipinski definition) is 1. The molecular formula is C26H20N4O7S. The Kier molecular flexibility index (Phi) is 7.22. The third-order valence-electron chi connectivity index (χ3n) is 5.17. The molecule has 1 aromatic carbocycles. The van der Waals surface area contributed by atoms with Gasteiger partial charge in [-0.3, -0.25) is 14.9 Å². The van der Waals surface area contributed by atoms with E-state index in [1.807, 2.05) is 0 Å². The first kappa shape index (κ1) is 24.8. The maximum Gasteiger partial charge on any atom is 0.338 e. The van der Waals surface area contributed by atoms with Gasteiger partial charge in [0, 0.05) is 5.38 Å². The minimum Gasteiger partial charge on any atom is -0.466 e. The van der Waals surface area contributed by atoms with Gasteiger partial charge in [-0.2, -0.15) is 0 Å². The fraction of sp³-hybridized carbons (Fsp3) is 0.154. The maximum atomic E-state index is 12.7. The lowest BCUT2D eigenvalue weighted by Crippen LogP contribution is -2.21. The van der Waals surface area contributed by atoms with Crippen molar-refractivity contribution >= 4 is 45.3 Å². The van der Waals surface area contributed by atoms with E-state index in [0.717, 1.165) is 11.3 Å². The summed E-state index contributed by atoms with van der Waals surface area (Å²) in [5, 5.41) is 4.47. The average molecular weight is 533 g/mol. The van der Waals surface area contributed by atoms with E-state index < -0.39 is 24.5 Å². The van der Waals surface area contributed by atoms with Crippen LogP contribution in [0.3, 0.4) is 0 Å². The summed E-state index contributed by atoms with van der Waals surface area (Å²) in [5.41, 5.74) is 2.58. The molecule has 0 aliphatic carbocycles. The number of rotatable bonds is 9. The summed E-state index contributed by atoms with van der Waals surface area (Å²) in [7, 11) is 0. The SMILES string of the molecule is CCOC(=O)Cc1csc(NC(=O)COC(=O)c2ccc3nc(-c4ccco4)c(-c4ccco4)nc3c2)n1. The lowest BCUT2D eigenvalue weighted by Gasteiger charge is -2.08. The molecule has 1 amide bonds. The van der Waals surface area contributed by atoms with E-state index in [-0.39, 0.29) is 23.7 Å². The maximum absolute atomic E-state index is 12.7. The third-order valence-corrected chi connectivity index (χ3v) is 5.98. The summed E-state index contributed by atoms with van der Waals surface area (Å²) < 4.78 is 21.1. The number of nitrogens with one attached hydrogen (secondary N) is 1. The monoisotopic (exact) mass is 532 g/mol. The van der Waals surface area contributed by atoms with Gasteiger partial charge in [0.15, 0.2) is 23.3 Å². The predicted molar refractivity (Wildman–Crippen MR) is 136 cm³/mol. The highest BCUT2D eigenvalue weighted by Crippen LogP contribution is 2.31. The minimum atomic E-state index is -0.708. The summed E-state index contributed by atoms with van der Waals surface area (Å²) >= 11 is 1.15. The number of ether oxygens (including phenoxy) is 2. The van der Waals surface area contributed by atoms with Crippen molar-refractivity contribution in [3.8, 4) is 22.9 Å². The summed E-state index contributed by atoms with van der Waals surface area (Å²) in [6.45, 7) is 1.47. The van der Waals surface area contributed by atoms with E-state index in [2.05, 4.69) is 20.3 Å². The zero-order valence-electron chi connectivity index (χ0n) is 20.0. The van der Waals surface area contributed by atoms with E-state index in [9.17, 15) is 14.4 Å². The van der Waals surface area contributed by atoms with E-state index in [0.29, 0.717) is 39.6 Å². The van der Waals surface area contributed by atoms with Crippen LogP contribution in [0.2, 0.25) is 0 Å². The van der Waals surface area contributed by atoms with Crippen molar-refractivity contribution in [2.45, 2.75) is 13.3 Å².